The van der Waals surface area contributed by atoms with Gasteiger partial charge < -0.3 is 14.8 Å². The van der Waals surface area contributed by atoms with Gasteiger partial charge in [0.25, 0.3) is 5.91 Å². The summed E-state index contributed by atoms with van der Waals surface area (Å²) < 4.78 is 60.7. The van der Waals surface area contributed by atoms with E-state index in [1.165, 1.54) is 60.7 Å². The Morgan fingerprint density at radius 1 is 1.05 bits per heavy atom. The molecule has 188 valence electrons. The van der Waals surface area contributed by atoms with Crippen molar-refractivity contribution in [3.63, 3.8) is 0 Å². The number of nitrogens with one attached hydrogen (secondary N) is 2. The first-order chi connectivity index (χ1) is 17.5. The number of anilines is 2. The van der Waals surface area contributed by atoms with Crippen molar-refractivity contribution >= 4 is 40.6 Å². The van der Waals surface area contributed by atoms with E-state index in [4.69, 9.17) is 9.84 Å². The number of para-hydroxylation sites is 1. The van der Waals surface area contributed by atoms with E-state index in [9.17, 15) is 27.6 Å². The standard InChI is InChI=1S/C24H14F4N4O5/c25-15-7-3-4-8-18(15)32-19(33)13-5-1-2-6-14(13)23(32,37-20(34)24(26,27)28)12-9-10-16-17(11-12)30-21(29-16)31-22(35)36/h1-11H,(H,35,36)(H2,29,30,31). The minimum absolute atomic E-state index is 0.112. The van der Waals surface area contributed by atoms with E-state index >= 15 is 4.39 Å². The molecule has 1 aliphatic rings. The van der Waals surface area contributed by atoms with Gasteiger partial charge in [-0.1, -0.05) is 36.4 Å². The molecule has 1 unspecified atom stereocenters. The SMILES string of the molecule is O=C(O)Nc1nc2ccc(C3(OC(=O)C(F)(F)F)c4ccccc4C(=O)N3c3ccccc3F)cc2[nH]1. The molecule has 9 nitrogen and oxygen atoms in total. The molecular formula is C24H14F4N4O5. The van der Waals surface area contributed by atoms with Crippen molar-refractivity contribution < 1.29 is 41.8 Å². The molecule has 0 saturated carbocycles. The quantitative estimate of drug-likeness (QED) is 0.267. The van der Waals surface area contributed by atoms with E-state index in [1.54, 1.807) is 0 Å². The maximum absolute atomic E-state index is 15.0. The van der Waals surface area contributed by atoms with Gasteiger partial charge in [0, 0.05) is 16.7 Å². The Labute approximate surface area is 204 Å². The molecule has 3 aromatic carbocycles. The van der Waals surface area contributed by atoms with Gasteiger partial charge in [0.05, 0.1) is 16.7 Å². The summed E-state index contributed by atoms with van der Waals surface area (Å²) in [6.07, 6.45) is -6.87. The Morgan fingerprint density at radius 3 is 2.46 bits per heavy atom. The van der Waals surface area contributed by atoms with Crippen LogP contribution in [0.5, 0.6) is 0 Å². The second-order valence-electron chi connectivity index (χ2n) is 7.92. The summed E-state index contributed by atoms with van der Waals surface area (Å²) in [4.78, 5) is 44.1. The second kappa shape index (κ2) is 8.33. The number of rotatable bonds is 4. The predicted molar refractivity (Wildman–Crippen MR) is 120 cm³/mol. The molecule has 5 rings (SSSR count). The molecule has 2 heterocycles. The molecular weight excluding hydrogens is 500 g/mol. The Morgan fingerprint density at radius 2 is 1.76 bits per heavy atom. The van der Waals surface area contributed by atoms with Crippen molar-refractivity contribution in [2.45, 2.75) is 11.9 Å². The summed E-state index contributed by atoms with van der Waals surface area (Å²) in [6.45, 7) is 0. The fourth-order valence-electron chi connectivity index (χ4n) is 4.28. The third-order valence-corrected chi connectivity index (χ3v) is 5.70. The number of alkyl halides is 3. The zero-order valence-electron chi connectivity index (χ0n) is 18.3. The number of fused-ring (bicyclic) bond motifs is 2. The molecule has 0 saturated heterocycles. The first-order valence-electron chi connectivity index (χ1n) is 10.5. The van der Waals surface area contributed by atoms with Crippen LogP contribution in [0.25, 0.3) is 11.0 Å². The number of aromatic amines is 1. The largest absolute Gasteiger partial charge is 0.491 e. The highest BCUT2D eigenvalue weighted by molar-refractivity contribution is 6.13. The van der Waals surface area contributed by atoms with Gasteiger partial charge in [0.1, 0.15) is 5.82 Å². The number of carbonyl (C=O) groups is 3. The zero-order valence-corrected chi connectivity index (χ0v) is 18.3. The Balaban J connectivity index is 1.82. The summed E-state index contributed by atoms with van der Waals surface area (Å²) in [5, 5.41) is 11.0. The first kappa shape index (κ1) is 23.8. The average molecular weight is 514 g/mol. The number of carboxylic acid groups (broad SMARTS) is 1. The van der Waals surface area contributed by atoms with Crippen LogP contribution in [0.3, 0.4) is 0 Å². The molecule has 0 spiro atoms. The maximum atomic E-state index is 15.0. The van der Waals surface area contributed by atoms with Gasteiger partial charge in [-0.15, -0.1) is 0 Å². The summed E-state index contributed by atoms with van der Waals surface area (Å²) in [7, 11) is 0. The number of benzene rings is 3. The fraction of sp³-hybridized carbons (Fsp3) is 0.0833. The van der Waals surface area contributed by atoms with Crippen molar-refractivity contribution in [3.05, 3.63) is 89.2 Å². The van der Waals surface area contributed by atoms with Crippen LogP contribution >= 0.6 is 0 Å². The van der Waals surface area contributed by atoms with Crippen LogP contribution < -0.4 is 10.2 Å². The van der Waals surface area contributed by atoms with Gasteiger partial charge in [0.2, 0.25) is 11.7 Å². The predicted octanol–water partition coefficient (Wildman–Crippen LogP) is 4.76. The van der Waals surface area contributed by atoms with Crippen LogP contribution in [0, 0.1) is 5.82 Å². The molecule has 4 aromatic rings. The van der Waals surface area contributed by atoms with Crippen molar-refractivity contribution in [3.8, 4) is 0 Å². The number of esters is 1. The lowest BCUT2D eigenvalue weighted by molar-refractivity contribution is -0.211. The number of imidazole rings is 1. The Hall–Kier alpha value is -4.94. The van der Waals surface area contributed by atoms with Crippen LogP contribution in [0.1, 0.15) is 21.5 Å². The van der Waals surface area contributed by atoms with Crippen LogP contribution in [0.2, 0.25) is 0 Å². The second-order valence-corrected chi connectivity index (χ2v) is 7.92. The topological polar surface area (TPSA) is 125 Å². The van der Waals surface area contributed by atoms with Gasteiger partial charge >= 0.3 is 18.2 Å². The van der Waals surface area contributed by atoms with E-state index in [2.05, 4.69) is 9.97 Å². The molecule has 1 aliphatic heterocycles. The van der Waals surface area contributed by atoms with Gasteiger partial charge in [-0.25, -0.2) is 19.0 Å². The molecule has 0 fully saturated rings. The number of nitrogens with zero attached hydrogens (tertiary/aromatic N) is 2. The van der Waals surface area contributed by atoms with E-state index in [-0.39, 0.29) is 33.7 Å². The van der Waals surface area contributed by atoms with E-state index < -0.39 is 41.4 Å². The zero-order chi connectivity index (χ0) is 26.5. The van der Waals surface area contributed by atoms with Gasteiger partial charge in [-0.05, 0) is 30.3 Å². The Kier molecular flexibility index (Phi) is 5.35. The number of ether oxygens (including phenoxy) is 1. The Bertz CT molecular complexity index is 1580. The maximum Gasteiger partial charge on any atom is 0.491 e. The monoisotopic (exact) mass is 514 g/mol. The first-order valence-corrected chi connectivity index (χ1v) is 10.5. The third-order valence-electron chi connectivity index (χ3n) is 5.70. The smallest absolute Gasteiger partial charge is 0.465 e. The average Bonchev–Trinajstić information content (AvgIpc) is 3.34. The van der Waals surface area contributed by atoms with Crippen molar-refractivity contribution in [1.29, 1.82) is 0 Å². The highest BCUT2D eigenvalue weighted by atomic mass is 19.4. The number of amides is 2. The minimum Gasteiger partial charge on any atom is -0.465 e. The van der Waals surface area contributed by atoms with E-state index in [1.807, 2.05) is 5.32 Å². The minimum atomic E-state index is -5.45. The molecule has 1 aromatic heterocycles. The van der Waals surface area contributed by atoms with Gasteiger partial charge in [-0.3, -0.25) is 15.0 Å². The van der Waals surface area contributed by atoms with Crippen molar-refractivity contribution in [2.24, 2.45) is 0 Å². The third kappa shape index (κ3) is 3.80. The molecule has 3 N–H and O–H groups in total. The van der Waals surface area contributed by atoms with Gasteiger partial charge in [-0.2, -0.15) is 13.2 Å². The number of hydrogen-bond acceptors (Lipinski definition) is 5. The lowest BCUT2D eigenvalue weighted by Crippen LogP contribution is -2.50. The lowest BCUT2D eigenvalue weighted by atomic mass is 9.92. The number of carbonyl (C=O) groups excluding carboxylic acids is 2. The van der Waals surface area contributed by atoms with Crippen molar-refractivity contribution in [1.82, 2.24) is 9.97 Å². The van der Waals surface area contributed by atoms with Crippen LogP contribution in [0.15, 0.2) is 66.7 Å². The molecule has 1 atom stereocenters. The number of hydrogen-bond donors (Lipinski definition) is 3. The lowest BCUT2D eigenvalue weighted by Gasteiger charge is -2.38. The number of halogens is 4. The molecule has 0 radical (unpaired) electrons. The summed E-state index contributed by atoms with van der Waals surface area (Å²) >= 11 is 0. The van der Waals surface area contributed by atoms with Crippen molar-refractivity contribution in [2.75, 3.05) is 10.2 Å². The molecule has 37 heavy (non-hydrogen) atoms. The number of H-pyrrole nitrogens is 1. The molecule has 0 bridgehead atoms. The fourth-order valence-corrected chi connectivity index (χ4v) is 4.28. The summed E-state index contributed by atoms with van der Waals surface area (Å²) in [5.41, 5.74) is -3.08. The van der Waals surface area contributed by atoms with E-state index in [0.29, 0.717) is 4.90 Å². The van der Waals surface area contributed by atoms with Crippen LogP contribution in [0.4, 0.5) is 34.0 Å². The van der Waals surface area contributed by atoms with Crippen LogP contribution in [-0.4, -0.2) is 39.2 Å². The highest BCUT2D eigenvalue weighted by Gasteiger charge is 2.58. The summed E-state index contributed by atoms with van der Waals surface area (Å²) in [5.74, 6) is -4.66. The molecule has 2 amide bonds. The molecule has 13 heteroatoms. The highest BCUT2D eigenvalue weighted by Crippen LogP contribution is 2.49. The number of aromatic nitrogens is 2. The summed E-state index contributed by atoms with van der Waals surface area (Å²) in [6, 6.07) is 14.2. The van der Waals surface area contributed by atoms with E-state index in [0.717, 1.165) is 6.07 Å². The normalized spacial score (nSPS) is 17.1. The van der Waals surface area contributed by atoms with Gasteiger partial charge in [0.15, 0.2) is 0 Å². The van der Waals surface area contributed by atoms with Crippen LogP contribution in [-0.2, 0) is 15.3 Å². The molecule has 0 aliphatic carbocycles.